The van der Waals surface area contributed by atoms with E-state index in [1.165, 1.54) is 57.9 Å². The summed E-state index contributed by atoms with van der Waals surface area (Å²) in [6, 6.07) is 10.7. The van der Waals surface area contributed by atoms with Gasteiger partial charge in [-0.1, -0.05) is 0 Å². The Labute approximate surface area is 194 Å². The van der Waals surface area contributed by atoms with E-state index in [1.54, 1.807) is 26.2 Å². The van der Waals surface area contributed by atoms with Crippen LogP contribution in [-0.4, -0.2) is 51.3 Å². The first-order valence-electron chi connectivity index (χ1n) is 9.68. The number of carbonyl (C=O) groups excluding carboxylic acids is 1. The molecule has 0 atom stereocenters. The highest BCUT2D eigenvalue weighted by atomic mass is 32.2. The topological polar surface area (TPSA) is 161 Å². The van der Waals surface area contributed by atoms with Gasteiger partial charge in [0.25, 0.3) is 20.2 Å². The van der Waals surface area contributed by atoms with E-state index < -0.39 is 26.0 Å². The van der Waals surface area contributed by atoms with E-state index in [-0.39, 0.29) is 21.2 Å². The number of carbonyl (C=O) groups is 1. The largest absolute Gasteiger partial charge is 0.294 e. The summed E-state index contributed by atoms with van der Waals surface area (Å²) in [5.74, 6) is -0.434. The molecule has 11 nitrogen and oxygen atoms in total. The van der Waals surface area contributed by atoms with E-state index in [4.69, 9.17) is 9.11 Å². The summed E-state index contributed by atoms with van der Waals surface area (Å²) in [7, 11) is -8.65. The van der Waals surface area contributed by atoms with Crippen LogP contribution in [0.1, 0.15) is 27.3 Å². The number of benzene rings is 2. The number of hydrogen-bond acceptors (Lipinski definition) is 7. The maximum absolute atomic E-state index is 13.2. The van der Waals surface area contributed by atoms with Crippen LogP contribution in [0.3, 0.4) is 0 Å². The molecule has 4 aromatic rings. The van der Waals surface area contributed by atoms with Crippen molar-refractivity contribution in [2.75, 3.05) is 0 Å². The maximum Gasteiger partial charge on any atom is 0.294 e. The number of aryl methyl sites for hydroxylation is 2. The molecule has 2 N–H and O–H groups in total. The first-order valence-corrected chi connectivity index (χ1v) is 12.6. The van der Waals surface area contributed by atoms with Gasteiger partial charge in [0, 0.05) is 12.4 Å². The van der Waals surface area contributed by atoms with Crippen LogP contribution in [0.5, 0.6) is 0 Å². The van der Waals surface area contributed by atoms with Gasteiger partial charge in [0.15, 0.2) is 0 Å². The fourth-order valence-electron chi connectivity index (χ4n) is 3.29. The van der Waals surface area contributed by atoms with Crippen molar-refractivity contribution in [3.05, 3.63) is 83.4 Å². The number of nitrogens with zero attached hydrogens (tertiary/aromatic N) is 4. The molecule has 0 spiro atoms. The SMILES string of the molecule is Cc1cn(-c2ccc(S(=O)(=O)O)cc2)nc1C(=O)c1nn(-c2ccc(S(=O)(=O)O)cc2)cc1C. The smallest absolute Gasteiger partial charge is 0.285 e. The van der Waals surface area contributed by atoms with E-state index in [1.807, 2.05) is 0 Å². The van der Waals surface area contributed by atoms with Crippen molar-refractivity contribution in [3.8, 4) is 11.4 Å². The van der Waals surface area contributed by atoms with Gasteiger partial charge in [-0.3, -0.25) is 13.9 Å². The van der Waals surface area contributed by atoms with Gasteiger partial charge >= 0.3 is 0 Å². The lowest BCUT2D eigenvalue weighted by molar-refractivity contribution is 0.102. The van der Waals surface area contributed by atoms with Crippen LogP contribution >= 0.6 is 0 Å². The summed E-state index contributed by atoms with van der Waals surface area (Å²) in [5, 5.41) is 8.64. The third-order valence-electron chi connectivity index (χ3n) is 5.02. The average molecular weight is 503 g/mol. The lowest BCUT2D eigenvalue weighted by atomic mass is 10.1. The van der Waals surface area contributed by atoms with Gasteiger partial charge in [0.2, 0.25) is 5.78 Å². The second-order valence-electron chi connectivity index (χ2n) is 7.48. The molecule has 0 aliphatic rings. The Bertz CT molecular complexity index is 1500. The van der Waals surface area contributed by atoms with Crippen LogP contribution in [-0.2, 0) is 20.2 Å². The molecular weight excluding hydrogens is 484 g/mol. The van der Waals surface area contributed by atoms with Crippen LogP contribution in [0.15, 0.2) is 70.7 Å². The first-order chi connectivity index (χ1) is 15.8. The molecule has 0 fully saturated rings. The Hall–Kier alpha value is -3.65. The molecule has 0 saturated heterocycles. The van der Waals surface area contributed by atoms with Crippen molar-refractivity contribution < 1.29 is 30.7 Å². The maximum atomic E-state index is 13.2. The van der Waals surface area contributed by atoms with Gasteiger partial charge in [-0.05, 0) is 73.5 Å². The zero-order valence-corrected chi connectivity index (χ0v) is 19.4. The van der Waals surface area contributed by atoms with Crippen molar-refractivity contribution >= 4 is 26.0 Å². The molecule has 34 heavy (non-hydrogen) atoms. The van der Waals surface area contributed by atoms with Gasteiger partial charge < -0.3 is 0 Å². The van der Waals surface area contributed by atoms with Crippen molar-refractivity contribution in [2.45, 2.75) is 23.6 Å². The molecule has 0 aliphatic carbocycles. The van der Waals surface area contributed by atoms with Crippen LogP contribution in [0, 0.1) is 13.8 Å². The number of ketones is 1. The van der Waals surface area contributed by atoms with Crippen LogP contribution in [0.2, 0.25) is 0 Å². The van der Waals surface area contributed by atoms with Crippen LogP contribution in [0.4, 0.5) is 0 Å². The van der Waals surface area contributed by atoms with Gasteiger partial charge in [-0.25, -0.2) is 9.36 Å². The molecule has 0 amide bonds. The normalized spacial score (nSPS) is 12.1. The van der Waals surface area contributed by atoms with Crippen molar-refractivity contribution in [3.63, 3.8) is 0 Å². The predicted molar refractivity (Wildman–Crippen MR) is 120 cm³/mol. The molecule has 0 aliphatic heterocycles. The fourth-order valence-corrected chi connectivity index (χ4v) is 4.25. The molecule has 2 aromatic heterocycles. The minimum absolute atomic E-state index is 0.147. The van der Waals surface area contributed by atoms with Crippen molar-refractivity contribution in [1.29, 1.82) is 0 Å². The molecule has 176 valence electrons. The molecule has 13 heteroatoms. The molecule has 4 rings (SSSR count). The average Bonchev–Trinajstić information content (AvgIpc) is 3.35. The van der Waals surface area contributed by atoms with E-state index in [9.17, 15) is 21.6 Å². The summed E-state index contributed by atoms with van der Waals surface area (Å²) in [6.07, 6.45) is 3.21. The van der Waals surface area contributed by atoms with Gasteiger partial charge in [-0.2, -0.15) is 27.0 Å². The summed E-state index contributed by atoms with van der Waals surface area (Å²) in [4.78, 5) is 12.6. The molecule has 0 radical (unpaired) electrons. The Balaban J connectivity index is 1.64. The van der Waals surface area contributed by atoms with Gasteiger partial charge in [0.05, 0.1) is 21.2 Å². The molecule has 0 bridgehead atoms. The highest BCUT2D eigenvalue weighted by Gasteiger charge is 2.22. The second kappa shape index (κ2) is 8.29. The van der Waals surface area contributed by atoms with Gasteiger partial charge in [-0.15, -0.1) is 0 Å². The second-order valence-corrected chi connectivity index (χ2v) is 10.3. The minimum Gasteiger partial charge on any atom is -0.285 e. The minimum atomic E-state index is -4.33. The van der Waals surface area contributed by atoms with E-state index in [0.29, 0.717) is 22.5 Å². The van der Waals surface area contributed by atoms with E-state index in [2.05, 4.69) is 10.2 Å². The molecule has 2 heterocycles. The number of rotatable bonds is 6. The Morgan fingerprint density at radius 2 is 1.00 bits per heavy atom. The molecule has 0 unspecified atom stereocenters. The van der Waals surface area contributed by atoms with E-state index in [0.717, 1.165) is 0 Å². The van der Waals surface area contributed by atoms with Crippen LogP contribution in [0.25, 0.3) is 11.4 Å². The van der Waals surface area contributed by atoms with Gasteiger partial charge in [0.1, 0.15) is 11.4 Å². The lowest BCUT2D eigenvalue weighted by Gasteiger charge is -2.03. The van der Waals surface area contributed by atoms with E-state index >= 15 is 0 Å². The van der Waals surface area contributed by atoms with Crippen LogP contribution < -0.4 is 0 Å². The Kier molecular flexibility index (Phi) is 5.73. The monoisotopic (exact) mass is 502 g/mol. The Morgan fingerprint density at radius 1 is 0.676 bits per heavy atom. The highest BCUT2D eigenvalue weighted by molar-refractivity contribution is 7.86. The molecule has 2 aromatic carbocycles. The van der Waals surface area contributed by atoms with Crippen molar-refractivity contribution in [2.24, 2.45) is 0 Å². The number of hydrogen-bond donors (Lipinski definition) is 2. The summed E-state index contributed by atoms with van der Waals surface area (Å²) in [6.45, 7) is 3.40. The zero-order valence-electron chi connectivity index (χ0n) is 17.8. The molecular formula is C21H18N4O7S2. The summed E-state index contributed by atoms with van der Waals surface area (Å²) >= 11 is 0. The standard InChI is InChI=1S/C21H18N4O7S2/c1-13-11-24(15-3-7-17(8-4-15)33(27,28)29)22-19(13)21(26)20-14(2)12-25(23-20)16-5-9-18(10-6-16)34(30,31)32/h3-12H,1-2H3,(H,27,28,29)(H,30,31,32). The quantitative estimate of drug-likeness (QED) is 0.298. The van der Waals surface area contributed by atoms with Crippen molar-refractivity contribution in [1.82, 2.24) is 19.6 Å². The highest BCUT2D eigenvalue weighted by Crippen LogP contribution is 2.20. The summed E-state index contributed by atoms with van der Waals surface area (Å²) in [5.41, 5.74) is 2.39. The first kappa shape index (κ1) is 23.5. The molecule has 0 saturated carbocycles. The third-order valence-corrected chi connectivity index (χ3v) is 6.76. The predicted octanol–water partition coefficient (Wildman–Crippen LogP) is 2.40. The zero-order chi connectivity index (χ0) is 24.8. The fraction of sp³-hybridized carbons (Fsp3) is 0.0952. The summed E-state index contributed by atoms with van der Waals surface area (Å²) < 4.78 is 66.0. The lowest BCUT2D eigenvalue weighted by Crippen LogP contribution is -2.08. The third kappa shape index (κ3) is 4.54. The Morgan fingerprint density at radius 3 is 1.29 bits per heavy atom. The number of aromatic nitrogens is 4.